The van der Waals surface area contributed by atoms with Gasteiger partial charge in [-0.2, -0.15) is 0 Å². The first-order chi connectivity index (χ1) is 14.0. The number of carbonyl (C=O) groups excluding carboxylic acids is 1. The fourth-order valence-electron chi connectivity index (χ4n) is 3.32. The maximum Gasteiger partial charge on any atom is 0.282 e. The standard InChI is InChI=1S/C25H22N2O2/c1-17-10-12-21(13-11-17)27-24(20-8-4-6-18(2)14-20)26-23(25(27)28)16-19-7-5-9-22(15-19)29-3/h4-16H,1-3H3/b23-16+. The summed E-state index contributed by atoms with van der Waals surface area (Å²) in [6, 6.07) is 23.5. The number of amidine groups is 1. The summed E-state index contributed by atoms with van der Waals surface area (Å²) in [6.07, 6.45) is 1.80. The molecule has 1 aliphatic rings. The molecule has 0 saturated carbocycles. The Morgan fingerprint density at radius 1 is 0.897 bits per heavy atom. The van der Waals surface area contributed by atoms with Gasteiger partial charge < -0.3 is 4.74 Å². The molecule has 0 aliphatic carbocycles. The average molecular weight is 382 g/mol. The number of nitrogens with zero attached hydrogens (tertiary/aromatic N) is 2. The van der Waals surface area contributed by atoms with Crippen LogP contribution in [0.15, 0.2) is 83.5 Å². The third-order valence-electron chi connectivity index (χ3n) is 4.83. The lowest BCUT2D eigenvalue weighted by atomic mass is 10.1. The smallest absolute Gasteiger partial charge is 0.282 e. The number of aliphatic imine (C=N–C) groups is 1. The van der Waals surface area contributed by atoms with Gasteiger partial charge in [-0.25, -0.2) is 4.99 Å². The Bertz CT molecular complexity index is 1130. The first kappa shape index (κ1) is 18.7. The summed E-state index contributed by atoms with van der Waals surface area (Å²) in [4.78, 5) is 19.7. The molecule has 144 valence electrons. The van der Waals surface area contributed by atoms with Crippen molar-refractivity contribution < 1.29 is 9.53 Å². The number of carbonyl (C=O) groups is 1. The van der Waals surface area contributed by atoms with Gasteiger partial charge in [0, 0.05) is 5.56 Å². The van der Waals surface area contributed by atoms with Crippen LogP contribution in [-0.2, 0) is 4.79 Å². The maximum atomic E-state index is 13.3. The molecule has 3 aromatic rings. The second kappa shape index (κ2) is 7.76. The summed E-state index contributed by atoms with van der Waals surface area (Å²) in [5.74, 6) is 1.23. The molecule has 0 aromatic heterocycles. The molecule has 0 N–H and O–H groups in total. The van der Waals surface area contributed by atoms with Crippen LogP contribution in [0, 0.1) is 13.8 Å². The van der Waals surface area contributed by atoms with E-state index in [9.17, 15) is 4.79 Å². The minimum Gasteiger partial charge on any atom is -0.497 e. The van der Waals surface area contributed by atoms with Gasteiger partial charge in [0.25, 0.3) is 5.91 Å². The number of benzene rings is 3. The van der Waals surface area contributed by atoms with Gasteiger partial charge in [0.15, 0.2) is 0 Å². The molecule has 0 radical (unpaired) electrons. The number of aryl methyl sites for hydroxylation is 2. The lowest BCUT2D eigenvalue weighted by Gasteiger charge is -2.19. The monoisotopic (exact) mass is 382 g/mol. The lowest BCUT2D eigenvalue weighted by molar-refractivity contribution is -0.113. The van der Waals surface area contributed by atoms with Crippen molar-refractivity contribution >= 4 is 23.5 Å². The molecule has 0 atom stereocenters. The van der Waals surface area contributed by atoms with Gasteiger partial charge in [0.05, 0.1) is 12.8 Å². The number of anilines is 1. The molecule has 4 heteroatoms. The van der Waals surface area contributed by atoms with Gasteiger partial charge in [-0.3, -0.25) is 9.69 Å². The average Bonchev–Trinajstić information content (AvgIpc) is 3.05. The number of rotatable bonds is 4. The van der Waals surface area contributed by atoms with Crippen molar-refractivity contribution in [2.75, 3.05) is 12.0 Å². The third-order valence-corrected chi connectivity index (χ3v) is 4.83. The molecule has 1 amide bonds. The number of hydrogen-bond donors (Lipinski definition) is 0. The van der Waals surface area contributed by atoms with Crippen molar-refractivity contribution in [2.24, 2.45) is 4.99 Å². The number of hydrogen-bond acceptors (Lipinski definition) is 3. The second-order valence-corrected chi connectivity index (χ2v) is 7.09. The third kappa shape index (κ3) is 3.83. The van der Waals surface area contributed by atoms with Crippen LogP contribution in [0.25, 0.3) is 6.08 Å². The van der Waals surface area contributed by atoms with E-state index in [0.717, 1.165) is 33.7 Å². The van der Waals surface area contributed by atoms with Crippen LogP contribution in [0.2, 0.25) is 0 Å². The molecule has 1 aliphatic heterocycles. The van der Waals surface area contributed by atoms with E-state index < -0.39 is 0 Å². The summed E-state index contributed by atoms with van der Waals surface area (Å²) in [5, 5.41) is 0. The molecule has 29 heavy (non-hydrogen) atoms. The van der Waals surface area contributed by atoms with E-state index in [1.807, 2.05) is 86.6 Å². The predicted octanol–water partition coefficient (Wildman–Crippen LogP) is 5.15. The fourth-order valence-corrected chi connectivity index (χ4v) is 3.32. The van der Waals surface area contributed by atoms with Crippen molar-refractivity contribution in [3.63, 3.8) is 0 Å². The Labute approximate surface area is 170 Å². The summed E-state index contributed by atoms with van der Waals surface area (Å²) in [5.41, 5.74) is 5.23. The van der Waals surface area contributed by atoms with Crippen LogP contribution < -0.4 is 9.64 Å². The first-order valence-corrected chi connectivity index (χ1v) is 9.48. The fraction of sp³-hybridized carbons (Fsp3) is 0.120. The van der Waals surface area contributed by atoms with Crippen LogP contribution in [0.5, 0.6) is 5.75 Å². The Kier molecular flexibility index (Phi) is 5.00. The minimum absolute atomic E-state index is 0.145. The summed E-state index contributed by atoms with van der Waals surface area (Å²) in [6.45, 7) is 4.06. The molecule has 0 fully saturated rings. The molecular formula is C25H22N2O2. The van der Waals surface area contributed by atoms with E-state index in [1.165, 1.54) is 0 Å². The van der Waals surface area contributed by atoms with Gasteiger partial charge >= 0.3 is 0 Å². The minimum atomic E-state index is -0.145. The van der Waals surface area contributed by atoms with E-state index in [1.54, 1.807) is 18.1 Å². The molecule has 0 saturated heterocycles. The van der Waals surface area contributed by atoms with E-state index in [4.69, 9.17) is 9.73 Å². The van der Waals surface area contributed by atoms with Gasteiger partial charge in [-0.1, -0.05) is 53.6 Å². The van der Waals surface area contributed by atoms with Crippen molar-refractivity contribution in [3.8, 4) is 5.75 Å². The molecule has 3 aromatic carbocycles. The molecule has 4 nitrogen and oxygen atoms in total. The molecular weight excluding hydrogens is 360 g/mol. The van der Waals surface area contributed by atoms with Crippen molar-refractivity contribution in [1.29, 1.82) is 0 Å². The molecule has 0 spiro atoms. The van der Waals surface area contributed by atoms with E-state index in [2.05, 4.69) is 0 Å². The Morgan fingerprint density at radius 2 is 1.66 bits per heavy atom. The van der Waals surface area contributed by atoms with Gasteiger partial charge in [0.1, 0.15) is 17.3 Å². The molecule has 0 unspecified atom stereocenters. The molecule has 1 heterocycles. The van der Waals surface area contributed by atoms with Crippen molar-refractivity contribution in [2.45, 2.75) is 13.8 Å². The number of methoxy groups -OCH3 is 1. The first-order valence-electron chi connectivity index (χ1n) is 9.48. The summed E-state index contributed by atoms with van der Waals surface area (Å²) < 4.78 is 5.29. The predicted molar refractivity (Wildman–Crippen MR) is 117 cm³/mol. The SMILES string of the molecule is COc1cccc(/C=C2/N=C(c3cccc(C)c3)N(c3ccc(C)cc3)C2=O)c1. The van der Waals surface area contributed by atoms with Gasteiger partial charge in [-0.15, -0.1) is 0 Å². The molecule has 0 bridgehead atoms. The van der Waals surface area contributed by atoms with Gasteiger partial charge in [0.2, 0.25) is 0 Å². The van der Waals surface area contributed by atoms with Crippen LogP contribution in [0.1, 0.15) is 22.3 Å². The van der Waals surface area contributed by atoms with Crippen molar-refractivity contribution in [3.05, 3.63) is 101 Å². The van der Waals surface area contributed by atoms with Crippen LogP contribution in [0.3, 0.4) is 0 Å². The quantitative estimate of drug-likeness (QED) is 0.586. The van der Waals surface area contributed by atoms with Crippen LogP contribution in [-0.4, -0.2) is 18.9 Å². The number of amides is 1. The normalized spacial score (nSPS) is 15.0. The Hall–Kier alpha value is -3.66. The summed E-state index contributed by atoms with van der Waals surface area (Å²) >= 11 is 0. The van der Waals surface area contributed by atoms with Gasteiger partial charge in [-0.05, 0) is 55.8 Å². The highest BCUT2D eigenvalue weighted by molar-refractivity contribution is 6.33. The van der Waals surface area contributed by atoms with E-state index in [-0.39, 0.29) is 5.91 Å². The summed E-state index contributed by atoms with van der Waals surface area (Å²) in [7, 11) is 1.63. The lowest BCUT2D eigenvalue weighted by Crippen LogP contribution is -2.32. The number of ether oxygens (including phenoxy) is 1. The van der Waals surface area contributed by atoms with Crippen LogP contribution in [0.4, 0.5) is 5.69 Å². The maximum absolute atomic E-state index is 13.3. The Balaban J connectivity index is 1.82. The highest BCUT2D eigenvalue weighted by Gasteiger charge is 2.32. The van der Waals surface area contributed by atoms with Crippen molar-refractivity contribution in [1.82, 2.24) is 0 Å². The van der Waals surface area contributed by atoms with E-state index in [0.29, 0.717) is 11.5 Å². The topological polar surface area (TPSA) is 41.9 Å². The van der Waals surface area contributed by atoms with E-state index >= 15 is 0 Å². The highest BCUT2D eigenvalue weighted by Crippen LogP contribution is 2.29. The van der Waals surface area contributed by atoms with Crippen LogP contribution >= 0.6 is 0 Å². The largest absolute Gasteiger partial charge is 0.497 e. The second-order valence-electron chi connectivity index (χ2n) is 7.09. The Morgan fingerprint density at radius 3 is 2.38 bits per heavy atom. The zero-order valence-corrected chi connectivity index (χ0v) is 16.7. The molecule has 4 rings (SSSR count). The highest BCUT2D eigenvalue weighted by atomic mass is 16.5. The zero-order valence-electron chi connectivity index (χ0n) is 16.7. The zero-order chi connectivity index (χ0) is 20.4.